The van der Waals surface area contributed by atoms with Crippen LogP contribution >= 0.6 is 11.3 Å². The number of rotatable bonds is 3. The third-order valence-electron chi connectivity index (χ3n) is 5.55. The molecule has 2 aliphatic rings. The van der Waals surface area contributed by atoms with Gasteiger partial charge in [0.05, 0.1) is 11.6 Å². The van der Waals surface area contributed by atoms with Gasteiger partial charge in [-0.15, -0.1) is 11.3 Å². The summed E-state index contributed by atoms with van der Waals surface area (Å²) < 4.78 is 5.26. The predicted octanol–water partition coefficient (Wildman–Crippen LogP) is 5.43. The van der Waals surface area contributed by atoms with Crippen LogP contribution in [0.25, 0.3) is 0 Å². The van der Waals surface area contributed by atoms with E-state index in [1.165, 1.54) is 11.3 Å². The van der Waals surface area contributed by atoms with Crippen LogP contribution in [0, 0.1) is 12.3 Å². The van der Waals surface area contributed by atoms with Gasteiger partial charge in [-0.3, -0.25) is 4.79 Å². The number of esters is 1. The Kier molecular flexibility index (Phi) is 4.66. The lowest BCUT2D eigenvalue weighted by molar-refractivity contribution is -0.118. The SMILES string of the molecule is CCOC(=O)c1sc2c(c1C)C(c1ccccc1)C1=C(CC(C)(C)CC1=O)N2. The van der Waals surface area contributed by atoms with Gasteiger partial charge in [0, 0.05) is 29.2 Å². The van der Waals surface area contributed by atoms with Crippen LogP contribution in [0.3, 0.4) is 0 Å². The van der Waals surface area contributed by atoms with E-state index >= 15 is 0 Å². The van der Waals surface area contributed by atoms with Crippen molar-refractivity contribution in [2.75, 3.05) is 11.9 Å². The molecule has 0 bridgehead atoms. The predicted molar refractivity (Wildman–Crippen MR) is 112 cm³/mol. The molecule has 1 aliphatic heterocycles. The molecule has 0 radical (unpaired) electrons. The van der Waals surface area contributed by atoms with E-state index in [0.717, 1.165) is 39.4 Å². The molecule has 4 nitrogen and oxygen atoms in total. The number of thiophene rings is 1. The Labute approximate surface area is 169 Å². The van der Waals surface area contributed by atoms with Gasteiger partial charge in [0.15, 0.2) is 5.78 Å². The summed E-state index contributed by atoms with van der Waals surface area (Å²) in [6.07, 6.45) is 1.36. The summed E-state index contributed by atoms with van der Waals surface area (Å²) in [6.45, 7) is 8.38. The summed E-state index contributed by atoms with van der Waals surface area (Å²) in [5, 5.41) is 4.47. The highest BCUT2D eigenvalue weighted by atomic mass is 32.1. The fourth-order valence-electron chi connectivity index (χ4n) is 4.40. The molecule has 4 rings (SSSR count). The van der Waals surface area contributed by atoms with Crippen LogP contribution in [0.4, 0.5) is 5.00 Å². The first kappa shape index (κ1) is 18.9. The summed E-state index contributed by atoms with van der Waals surface area (Å²) in [5.74, 6) is -0.241. The van der Waals surface area contributed by atoms with Crippen molar-refractivity contribution in [2.24, 2.45) is 5.41 Å². The molecule has 5 heteroatoms. The third-order valence-corrected chi connectivity index (χ3v) is 6.75. The first-order valence-electron chi connectivity index (χ1n) is 9.71. The van der Waals surface area contributed by atoms with Crippen molar-refractivity contribution in [1.29, 1.82) is 0 Å². The number of carbonyl (C=O) groups is 2. The molecular formula is C23H25NO3S. The van der Waals surface area contributed by atoms with Crippen LogP contribution in [-0.2, 0) is 9.53 Å². The maximum Gasteiger partial charge on any atom is 0.348 e. The molecule has 0 saturated heterocycles. The Hall–Kier alpha value is -2.40. The number of fused-ring (bicyclic) bond motifs is 1. The number of carbonyl (C=O) groups excluding carboxylic acids is 2. The molecule has 1 aliphatic carbocycles. The summed E-state index contributed by atoms with van der Waals surface area (Å²) in [4.78, 5) is 26.3. The lowest BCUT2D eigenvalue weighted by atomic mass is 9.69. The van der Waals surface area contributed by atoms with Crippen molar-refractivity contribution in [3.8, 4) is 0 Å². The smallest absolute Gasteiger partial charge is 0.348 e. The summed E-state index contributed by atoms with van der Waals surface area (Å²) in [5.41, 5.74) is 4.81. The summed E-state index contributed by atoms with van der Waals surface area (Å²) >= 11 is 1.43. The fraction of sp³-hybridized carbons (Fsp3) is 0.391. The van der Waals surface area contributed by atoms with Crippen LogP contribution in [0.5, 0.6) is 0 Å². The first-order chi connectivity index (χ1) is 13.3. The van der Waals surface area contributed by atoms with Crippen molar-refractivity contribution >= 4 is 28.1 Å². The van der Waals surface area contributed by atoms with E-state index in [1.54, 1.807) is 0 Å². The molecule has 1 N–H and O–H groups in total. The average Bonchev–Trinajstić information content (AvgIpc) is 2.96. The van der Waals surface area contributed by atoms with Crippen molar-refractivity contribution < 1.29 is 14.3 Å². The van der Waals surface area contributed by atoms with Gasteiger partial charge >= 0.3 is 5.97 Å². The quantitative estimate of drug-likeness (QED) is 0.704. The van der Waals surface area contributed by atoms with E-state index in [2.05, 4.69) is 31.3 Å². The van der Waals surface area contributed by atoms with E-state index in [9.17, 15) is 9.59 Å². The minimum Gasteiger partial charge on any atom is -0.462 e. The van der Waals surface area contributed by atoms with Gasteiger partial charge in [-0.05, 0) is 36.8 Å². The lowest BCUT2D eigenvalue weighted by Gasteiger charge is -2.38. The van der Waals surface area contributed by atoms with E-state index in [1.807, 2.05) is 32.0 Å². The van der Waals surface area contributed by atoms with Gasteiger partial charge in [0.25, 0.3) is 0 Å². The molecule has 0 fully saturated rings. The van der Waals surface area contributed by atoms with E-state index < -0.39 is 0 Å². The van der Waals surface area contributed by atoms with Crippen LogP contribution in [0.2, 0.25) is 0 Å². The number of anilines is 1. The van der Waals surface area contributed by atoms with Crippen molar-refractivity contribution in [1.82, 2.24) is 0 Å². The van der Waals surface area contributed by atoms with Gasteiger partial charge in [-0.25, -0.2) is 4.79 Å². The number of Topliss-reactive ketones (excluding diaryl/α,β-unsaturated/α-hetero) is 1. The number of ketones is 1. The zero-order valence-electron chi connectivity index (χ0n) is 16.7. The summed E-state index contributed by atoms with van der Waals surface area (Å²) in [7, 11) is 0. The molecule has 1 aromatic heterocycles. The molecule has 1 aromatic carbocycles. The Balaban J connectivity index is 1.91. The normalized spacial score (nSPS) is 20.3. The molecule has 0 saturated carbocycles. The summed E-state index contributed by atoms with van der Waals surface area (Å²) in [6, 6.07) is 10.1. The monoisotopic (exact) mass is 395 g/mol. The molecule has 2 heterocycles. The van der Waals surface area contributed by atoms with Crippen LogP contribution in [-0.4, -0.2) is 18.4 Å². The number of nitrogens with one attached hydrogen (secondary N) is 1. The number of ether oxygens (including phenoxy) is 1. The maximum absolute atomic E-state index is 13.2. The van der Waals surface area contributed by atoms with E-state index in [-0.39, 0.29) is 23.1 Å². The second-order valence-corrected chi connectivity index (χ2v) is 9.34. The Morgan fingerprint density at radius 3 is 2.64 bits per heavy atom. The third kappa shape index (κ3) is 3.08. The highest BCUT2D eigenvalue weighted by Crippen LogP contribution is 2.52. The van der Waals surface area contributed by atoms with Gasteiger partial charge in [-0.1, -0.05) is 44.2 Å². The van der Waals surface area contributed by atoms with Gasteiger partial charge in [0.2, 0.25) is 0 Å². The van der Waals surface area contributed by atoms with Crippen molar-refractivity contribution in [3.63, 3.8) is 0 Å². The standard InChI is InChI=1S/C23H25NO3S/c1-5-27-22(26)20-13(2)17-18(14-9-7-6-8-10-14)19-15(24-21(17)28-20)11-23(3,4)12-16(19)25/h6-10,18,24H,5,11-12H2,1-4H3. The number of hydrogen-bond acceptors (Lipinski definition) is 5. The van der Waals surface area contributed by atoms with Crippen LogP contribution in [0.1, 0.15) is 65.9 Å². The van der Waals surface area contributed by atoms with Crippen molar-refractivity contribution in [3.05, 3.63) is 63.2 Å². The van der Waals surface area contributed by atoms with Gasteiger partial charge in [0.1, 0.15) is 4.88 Å². The zero-order chi connectivity index (χ0) is 20.1. The van der Waals surface area contributed by atoms with Crippen molar-refractivity contribution in [2.45, 2.75) is 46.5 Å². The average molecular weight is 396 g/mol. The second-order valence-electron chi connectivity index (χ2n) is 8.32. The molecule has 0 spiro atoms. The molecule has 1 atom stereocenters. The molecule has 0 amide bonds. The van der Waals surface area contributed by atoms with E-state index in [0.29, 0.717) is 17.9 Å². The Bertz CT molecular complexity index is 985. The second kappa shape index (κ2) is 6.89. The van der Waals surface area contributed by atoms with Gasteiger partial charge in [-0.2, -0.15) is 0 Å². The molecule has 2 aromatic rings. The number of hydrogen-bond donors (Lipinski definition) is 1. The van der Waals surface area contributed by atoms with E-state index in [4.69, 9.17) is 4.74 Å². The van der Waals surface area contributed by atoms with Crippen LogP contribution in [0.15, 0.2) is 41.6 Å². The topological polar surface area (TPSA) is 55.4 Å². The molecule has 28 heavy (non-hydrogen) atoms. The van der Waals surface area contributed by atoms with Crippen LogP contribution < -0.4 is 5.32 Å². The minimum absolute atomic E-state index is 0.0715. The highest BCUT2D eigenvalue weighted by Gasteiger charge is 2.42. The highest BCUT2D eigenvalue weighted by molar-refractivity contribution is 7.18. The molecule has 146 valence electrons. The zero-order valence-corrected chi connectivity index (χ0v) is 17.5. The number of benzene rings is 1. The Morgan fingerprint density at radius 2 is 1.96 bits per heavy atom. The van der Waals surface area contributed by atoms with Gasteiger partial charge < -0.3 is 10.1 Å². The largest absolute Gasteiger partial charge is 0.462 e. The molecular weight excluding hydrogens is 370 g/mol. The lowest BCUT2D eigenvalue weighted by Crippen LogP contribution is -2.33. The Morgan fingerprint density at radius 1 is 1.25 bits per heavy atom. The maximum atomic E-state index is 13.2. The number of allylic oxidation sites excluding steroid dienone is 2. The fourth-order valence-corrected chi connectivity index (χ4v) is 5.56. The minimum atomic E-state index is -0.294. The first-order valence-corrected chi connectivity index (χ1v) is 10.5. The molecule has 1 unspecified atom stereocenters.